The number of carbonyl (C=O) groups is 1. The second-order valence-corrected chi connectivity index (χ2v) is 6.49. The fourth-order valence-corrected chi connectivity index (χ4v) is 3.27. The maximum absolute atomic E-state index is 13.1. The van der Waals surface area contributed by atoms with Crippen LogP contribution in [0.25, 0.3) is 10.2 Å². The molecule has 0 radical (unpaired) electrons. The Hall–Kier alpha value is -2.14. The average Bonchev–Trinajstić information content (AvgIpc) is 3.03. The number of aromatic nitrogens is 1. The normalized spacial score (nSPS) is 11.3. The molecule has 114 valence electrons. The highest BCUT2D eigenvalue weighted by Crippen LogP contribution is 2.26. The minimum Gasteiger partial charge on any atom is -0.349 e. The molecule has 0 bridgehead atoms. The zero-order valence-electron chi connectivity index (χ0n) is 12.5. The van der Waals surface area contributed by atoms with Crippen molar-refractivity contribution in [3.8, 4) is 0 Å². The van der Waals surface area contributed by atoms with E-state index in [1.807, 2.05) is 35.9 Å². The van der Waals surface area contributed by atoms with Crippen molar-refractivity contribution in [2.24, 2.45) is 0 Å². The number of amides is 1. The lowest BCUT2D eigenvalue weighted by atomic mass is 10.2. The summed E-state index contributed by atoms with van der Waals surface area (Å²) in [5, 5.41) is 4.94. The lowest BCUT2D eigenvalue weighted by molar-refractivity contribution is 0.0934. The Balaban J connectivity index is 2.00. The predicted molar refractivity (Wildman–Crippen MR) is 87.9 cm³/mol. The van der Waals surface area contributed by atoms with Crippen LogP contribution in [-0.2, 0) is 6.54 Å². The van der Waals surface area contributed by atoms with Gasteiger partial charge in [-0.3, -0.25) is 4.79 Å². The van der Waals surface area contributed by atoms with Gasteiger partial charge in [-0.25, -0.2) is 4.39 Å². The van der Waals surface area contributed by atoms with Crippen LogP contribution in [0.2, 0.25) is 0 Å². The summed E-state index contributed by atoms with van der Waals surface area (Å²) in [7, 11) is 0. The Bertz CT molecular complexity index is 802. The molecule has 0 unspecified atom stereocenters. The molecule has 0 atom stereocenters. The van der Waals surface area contributed by atoms with E-state index in [9.17, 15) is 9.18 Å². The van der Waals surface area contributed by atoms with E-state index in [1.54, 1.807) is 23.5 Å². The lowest BCUT2D eigenvalue weighted by Gasteiger charge is -2.12. The molecule has 2 heterocycles. The van der Waals surface area contributed by atoms with Gasteiger partial charge in [-0.1, -0.05) is 12.1 Å². The van der Waals surface area contributed by atoms with Gasteiger partial charge in [-0.05, 0) is 49.1 Å². The number of halogens is 1. The van der Waals surface area contributed by atoms with Crippen molar-refractivity contribution in [2.45, 2.75) is 26.4 Å². The molecule has 3 rings (SSSR count). The van der Waals surface area contributed by atoms with Gasteiger partial charge in [0.15, 0.2) is 0 Å². The summed E-state index contributed by atoms with van der Waals surface area (Å²) in [6, 6.07) is 10.4. The van der Waals surface area contributed by atoms with Crippen LogP contribution in [0.4, 0.5) is 4.39 Å². The van der Waals surface area contributed by atoms with Crippen molar-refractivity contribution >= 4 is 27.5 Å². The van der Waals surface area contributed by atoms with E-state index in [1.165, 1.54) is 12.1 Å². The summed E-state index contributed by atoms with van der Waals surface area (Å²) < 4.78 is 16.1. The topological polar surface area (TPSA) is 34.0 Å². The van der Waals surface area contributed by atoms with Gasteiger partial charge in [0.2, 0.25) is 0 Å². The highest BCUT2D eigenvalue weighted by molar-refractivity contribution is 7.17. The maximum Gasteiger partial charge on any atom is 0.268 e. The Morgan fingerprint density at radius 3 is 2.68 bits per heavy atom. The molecular formula is C17H17FN2OS. The summed E-state index contributed by atoms with van der Waals surface area (Å²) in [5.74, 6) is -0.338. The molecule has 0 spiro atoms. The molecule has 0 saturated heterocycles. The monoisotopic (exact) mass is 316 g/mol. The highest BCUT2D eigenvalue weighted by Gasteiger charge is 2.17. The summed E-state index contributed by atoms with van der Waals surface area (Å²) in [5.41, 5.74) is 2.63. The smallest absolute Gasteiger partial charge is 0.268 e. The zero-order valence-corrected chi connectivity index (χ0v) is 13.3. The van der Waals surface area contributed by atoms with Crippen molar-refractivity contribution in [2.75, 3.05) is 0 Å². The number of thiophene rings is 1. The van der Waals surface area contributed by atoms with Crippen molar-refractivity contribution < 1.29 is 9.18 Å². The summed E-state index contributed by atoms with van der Waals surface area (Å²) in [6.45, 7) is 4.42. The van der Waals surface area contributed by atoms with Gasteiger partial charge in [-0.2, -0.15) is 0 Å². The largest absolute Gasteiger partial charge is 0.349 e. The van der Waals surface area contributed by atoms with E-state index in [0.717, 1.165) is 15.8 Å². The Labute approximate surface area is 132 Å². The fourth-order valence-electron chi connectivity index (χ4n) is 2.44. The maximum atomic E-state index is 13.1. The van der Waals surface area contributed by atoms with E-state index in [-0.39, 0.29) is 17.8 Å². The third-order valence-corrected chi connectivity index (χ3v) is 4.28. The Kier molecular flexibility index (Phi) is 3.98. The molecule has 2 aromatic heterocycles. The molecule has 1 N–H and O–H groups in total. The van der Waals surface area contributed by atoms with Gasteiger partial charge in [-0.15, -0.1) is 11.3 Å². The molecule has 0 aliphatic rings. The molecule has 22 heavy (non-hydrogen) atoms. The van der Waals surface area contributed by atoms with Crippen LogP contribution in [0.5, 0.6) is 0 Å². The third kappa shape index (κ3) is 2.90. The number of fused-ring (bicyclic) bond motifs is 1. The molecule has 3 nitrogen and oxygen atoms in total. The van der Waals surface area contributed by atoms with Crippen LogP contribution in [0.1, 0.15) is 29.9 Å². The van der Waals surface area contributed by atoms with Crippen LogP contribution in [-0.4, -0.2) is 16.5 Å². The van der Waals surface area contributed by atoms with E-state index in [4.69, 9.17) is 0 Å². The second-order valence-electron chi connectivity index (χ2n) is 5.54. The molecule has 0 fully saturated rings. The molecule has 0 aliphatic carbocycles. The third-order valence-electron chi connectivity index (χ3n) is 3.43. The van der Waals surface area contributed by atoms with E-state index in [2.05, 4.69) is 5.32 Å². The van der Waals surface area contributed by atoms with Gasteiger partial charge in [0.25, 0.3) is 5.91 Å². The number of rotatable bonds is 4. The lowest BCUT2D eigenvalue weighted by Crippen LogP contribution is -2.31. The Morgan fingerprint density at radius 1 is 1.27 bits per heavy atom. The van der Waals surface area contributed by atoms with Crippen LogP contribution in [0.3, 0.4) is 0 Å². The second kappa shape index (κ2) is 5.93. The van der Waals surface area contributed by atoms with Gasteiger partial charge in [0.05, 0.1) is 10.2 Å². The van der Waals surface area contributed by atoms with Crippen LogP contribution in [0.15, 0.2) is 41.8 Å². The van der Waals surface area contributed by atoms with Crippen molar-refractivity contribution in [3.63, 3.8) is 0 Å². The molecular weight excluding hydrogens is 299 g/mol. The van der Waals surface area contributed by atoms with Gasteiger partial charge >= 0.3 is 0 Å². The minimum absolute atomic E-state index is 0.0829. The SMILES string of the molecule is CC(C)NC(=O)c1cc2sccc2n1Cc1ccc(F)cc1. The molecule has 1 aromatic carbocycles. The van der Waals surface area contributed by atoms with Crippen molar-refractivity contribution in [1.29, 1.82) is 0 Å². The number of carbonyl (C=O) groups excluding carboxylic acids is 1. The van der Waals surface area contributed by atoms with Crippen LogP contribution in [0, 0.1) is 5.82 Å². The first-order valence-corrected chi connectivity index (χ1v) is 8.04. The van der Waals surface area contributed by atoms with Crippen molar-refractivity contribution in [3.05, 3.63) is 58.9 Å². The number of nitrogens with one attached hydrogen (secondary N) is 1. The minimum atomic E-state index is -0.255. The van der Waals surface area contributed by atoms with Crippen LogP contribution >= 0.6 is 11.3 Å². The zero-order chi connectivity index (χ0) is 15.7. The number of benzene rings is 1. The van der Waals surface area contributed by atoms with E-state index >= 15 is 0 Å². The Morgan fingerprint density at radius 2 is 2.00 bits per heavy atom. The fraction of sp³-hybridized carbons (Fsp3) is 0.235. The summed E-state index contributed by atoms with van der Waals surface area (Å²) in [6.07, 6.45) is 0. The first-order valence-electron chi connectivity index (χ1n) is 7.16. The first-order chi connectivity index (χ1) is 10.5. The van der Waals surface area contributed by atoms with E-state index in [0.29, 0.717) is 12.2 Å². The van der Waals surface area contributed by atoms with Gasteiger partial charge in [0.1, 0.15) is 11.5 Å². The molecule has 0 aliphatic heterocycles. The summed E-state index contributed by atoms with van der Waals surface area (Å²) in [4.78, 5) is 12.4. The first kappa shape index (κ1) is 14.8. The predicted octanol–water partition coefficient (Wildman–Crippen LogP) is 4.03. The standard InChI is InChI=1S/C17H17FN2OS/c1-11(2)19-17(21)15-9-16-14(7-8-22-16)20(15)10-12-3-5-13(18)6-4-12/h3-9,11H,10H2,1-2H3,(H,19,21). The van der Waals surface area contributed by atoms with E-state index < -0.39 is 0 Å². The number of nitrogens with zero attached hydrogens (tertiary/aromatic N) is 1. The van der Waals surface area contributed by atoms with Gasteiger partial charge in [0, 0.05) is 12.6 Å². The average molecular weight is 316 g/mol. The molecule has 3 aromatic rings. The summed E-state index contributed by atoms with van der Waals surface area (Å²) >= 11 is 1.61. The molecule has 5 heteroatoms. The molecule has 0 saturated carbocycles. The van der Waals surface area contributed by atoms with Crippen molar-refractivity contribution in [1.82, 2.24) is 9.88 Å². The number of hydrogen-bond acceptors (Lipinski definition) is 2. The highest BCUT2D eigenvalue weighted by atomic mass is 32.1. The van der Waals surface area contributed by atoms with Crippen LogP contribution < -0.4 is 5.32 Å². The quantitative estimate of drug-likeness (QED) is 0.775. The number of hydrogen-bond donors (Lipinski definition) is 1. The van der Waals surface area contributed by atoms with Gasteiger partial charge < -0.3 is 9.88 Å². The molecule has 1 amide bonds.